The van der Waals surface area contributed by atoms with Gasteiger partial charge < -0.3 is 23.7 Å². The van der Waals surface area contributed by atoms with Crippen molar-refractivity contribution in [2.24, 2.45) is 5.92 Å². The predicted molar refractivity (Wildman–Crippen MR) is 120 cm³/mol. The second-order valence-electron chi connectivity index (χ2n) is 6.25. The molecule has 0 aliphatic carbocycles. The smallest absolute Gasteiger partial charge is 0.384 e. The Bertz CT molecular complexity index is 962. The number of halogens is 2. The van der Waals surface area contributed by atoms with Crippen LogP contribution in [0.15, 0.2) is 12.1 Å². The summed E-state index contributed by atoms with van der Waals surface area (Å²) in [6.45, 7) is 3.84. The lowest BCUT2D eigenvalue weighted by Gasteiger charge is -2.19. The molecule has 2 aromatic rings. The second kappa shape index (κ2) is 10.8. The number of carbonyl (C=O) groups is 1. The highest BCUT2D eigenvalue weighted by molar-refractivity contribution is 14.1. The Hall–Kier alpha value is -1.89. The Balaban J connectivity index is 2.60. The lowest BCUT2D eigenvalue weighted by Crippen LogP contribution is -2.07. The Morgan fingerprint density at radius 2 is 1.90 bits per heavy atom. The molecule has 0 saturated carbocycles. The van der Waals surface area contributed by atoms with Crippen LogP contribution >= 0.6 is 34.2 Å². The van der Waals surface area contributed by atoms with Crippen molar-refractivity contribution < 1.29 is 28.5 Å². The molecule has 0 unspecified atom stereocenters. The van der Waals surface area contributed by atoms with Gasteiger partial charge in [0, 0.05) is 36.0 Å². The van der Waals surface area contributed by atoms with Gasteiger partial charge >= 0.3 is 5.97 Å². The molecule has 0 heterocycles. The van der Waals surface area contributed by atoms with Crippen LogP contribution in [0, 0.1) is 21.3 Å². The summed E-state index contributed by atoms with van der Waals surface area (Å²) < 4.78 is 28.0. The van der Waals surface area contributed by atoms with Crippen molar-refractivity contribution in [1.82, 2.24) is 0 Å². The van der Waals surface area contributed by atoms with Crippen LogP contribution < -0.4 is 14.2 Å². The lowest BCUT2D eigenvalue weighted by molar-refractivity contribution is -0.137. The summed E-state index contributed by atoms with van der Waals surface area (Å²) in [6.07, 6.45) is 0. The molecule has 6 nitrogen and oxygen atoms in total. The Morgan fingerprint density at radius 1 is 1.17 bits per heavy atom. The van der Waals surface area contributed by atoms with Gasteiger partial charge in [-0.3, -0.25) is 0 Å². The number of carbonyl (C=O) groups excluding carboxylic acids is 1. The number of rotatable bonds is 7. The number of esters is 1. The molecule has 0 saturated heterocycles. The molecule has 0 spiro atoms. The summed E-state index contributed by atoms with van der Waals surface area (Å²) in [4.78, 5) is 11.9. The van der Waals surface area contributed by atoms with Gasteiger partial charge in [0.1, 0.15) is 23.9 Å². The minimum atomic E-state index is -0.588. The highest BCUT2D eigenvalue weighted by Crippen LogP contribution is 2.47. The minimum Gasteiger partial charge on any atom is -0.496 e. The van der Waals surface area contributed by atoms with E-state index in [9.17, 15) is 4.79 Å². The molecular formula is C21H22ClIO6. The maximum absolute atomic E-state index is 11.9. The first-order valence-corrected chi connectivity index (χ1v) is 10.1. The molecule has 156 valence electrons. The van der Waals surface area contributed by atoms with E-state index in [1.807, 2.05) is 19.9 Å². The molecule has 8 heteroatoms. The summed E-state index contributed by atoms with van der Waals surface area (Å²) in [5, 5.41) is 1.74. The minimum absolute atomic E-state index is 0.0200. The van der Waals surface area contributed by atoms with Crippen molar-refractivity contribution in [1.29, 1.82) is 0 Å². The molecule has 0 aliphatic rings. The number of fused-ring (bicyclic) bond motifs is 1. The highest BCUT2D eigenvalue weighted by atomic mass is 127. The number of benzene rings is 2. The van der Waals surface area contributed by atoms with E-state index in [1.54, 1.807) is 13.2 Å². The largest absolute Gasteiger partial charge is 0.496 e. The van der Waals surface area contributed by atoms with Crippen LogP contribution in [0.4, 0.5) is 0 Å². The highest BCUT2D eigenvalue weighted by Gasteiger charge is 2.22. The van der Waals surface area contributed by atoms with Crippen LogP contribution in [0.2, 0.25) is 5.02 Å². The Kier molecular flexibility index (Phi) is 8.68. The standard InChI is InChI=1S/C21H22ClIO6/c1-12(2)6-7-17(24)28-10-13-8-14-16(26-4)9-15(22)20(27-5)18(14)21(19(13)23)29-11-25-3/h8-9,12H,10-11H2,1-5H3. The lowest BCUT2D eigenvalue weighted by atomic mass is 10.0. The molecule has 0 amide bonds. The SMILES string of the molecule is COCOc1c(I)c(COC(=O)C#CC(C)C)cc2c(OC)cc(Cl)c(OC)c12. The molecule has 2 aromatic carbocycles. The van der Waals surface area contributed by atoms with Gasteiger partial charge in [0.15, 0.2) is 6.79 Å². The average Bonchev–Trinajstić information content (AvgIpc) is 2.69. The Labute approximate surface area is 188 Å². The zero-order valence-electron chi connectivity index (χ0n) is 16.9. The van der Waals surface area contributed by atoms with E-state index in [0.717, 1.165) is 9.13 Å². The zero-order valence-corrected chi connectivity index (χ0v) is 19.8. The van der Waals surface area contributed by atoms with Crippen molar-refractivity contribution in [2.45, 2.75) is 20.5 Å². The monoisotopic (exact) mass is 532 g/mol. The van der Waals surface area contributed by atoms with E-state index in [2.05, 4.69) is 34.4 Å². The number of ether oxygens (including phenoxy) is 5. The maximum atomic E-state index is 11.9. The zero-order chi connectivity index (χ0) is 21.6. The topological polar surface area (TPSA) is 63.2 Å². The van der Waals surface area contributed by atoms with Crippen LogP contribution in [0.5, 0.6) is 17.2 Å². The first-order valence-electron chi connectivity index (χ1n) is 8.69. The van der Waals surface area contributed by atoms with Crippen molar-refractivity contribution >= 4 is 50.9 Å². The van der Waals surface area contributed by atoms with Gasteiger partial charge in [0.2, 0.25) is 0 Å². The summed E-state index contributed by atoms with van der Waals surface area (Å²) >= 11 is 8.50. The van der Waals surface area contributed by atoms with E-state index in [1.165, 1.54) is 14.2 Å². The molecule has 0 radical (unpaired) electrons. The van der Waals surface area contributed by atoms with E-state index in [-0.39, 0.29) is 19.3 Å². The quantitative estimate of drug-likeness (QED) is 0.168. The molecule has 29 heavy (non-hydrogen) atoms. The summed E-state index contributed by atoms with van der Waals surface area (Å²) in [7, 11) is 4.61. The fraction of sp³-hybridized carbons (Fsp3) is 0.381. The fourth-order valence-electron chi connectivity index (χ4n) is 2.59. The van der Waals surface area contributed by atoms with Crippen LogP contribution in [-0.4, -0.2) is 34.1 Å². The number of methoxy groups -OCH3 is 3. The maximum Gasteiger partial charge on any atom is 0.384 e. The molecule has 2 rings (SSSR count). The summed E-state index contributed by atoms with van der Waals surface area (Å²) in [5.41, 5.74) is 0.728. The van der Waals surface area contributed by atoms with Gasteiger partial charge in [-0.15, -0.1) is 0 Å². The van der Waals surface area contributed by atoms with Gasteiger partial charge in [0.05, 0.1) is 28.2 Å². The average molecular weight is 533 g/mol. The van der Waals surface area contributed by atoms with Crippen molar-refractivity contribution in [2.75, 3.05) is 28.1 Å². The number of hydrogen-bond acceptors (Lipinski definition) is 6. The van der Waals surface area contributed by atoms with Gasteiger partial charge in [-0.05, 0) is 28.7 Å². The van der Waals surface area contributed by atoms with Gasteiger partial charge in [0.25, 0.3) is 0 Å². The molecule has 0 atom stereocenters. The van der Waals surface area contributed by atoms with E-state index in [0.29, 0.717) is 33.0 Å². The molecule has 0 bridgehead atoms. The van der Waals surface area contributed by atoms with Crippen LogP contribution in [0.25, 0.3) is 10.8 Å². The molecule has 0 aliphatic heterocycles. The fourth-order valence-corrected chi connectivity index (χ4v) is 3.60. The third kappa shape index (κ3) is 5.59. The first kappa shape index (κ1) is 23.4. The third-order valence-corrected chi connectivity index (χ3v) is 5.29. The van der Waals surface area contributed by atoms with Gasteiger partial charge in [-0.1, -0.05) is 31.4 Å². The Morgan fingerprint density at radius 3 is 2.48 bits per heavy atom. The first-order chi connectivity index (χ1) is 13.8. The van der Waals surface area contributed by atoms with Gasteiger partial charge in [-0.25, -0.2) is 4.79 Å². The van der Waals surface area contributed by atoms with Crippen LogP contribution in [0.3, 0.4) is 0 Å². The van der Waals surface area contributed by atoms with E-state index in [4.69, 9.17) is 35.3 Å². The van der Waals surface area contributed by atoms with E-state index >= 15 is 0 Å². The van der Waals surface area contributed by atoms with Crippen molar-refractivity contribution in [3.63, 3.8) is 0 Å². The van der Waals surface area contributed by atoms with Crippen LogP contribution in [0.1, 0.15) is 19.4 Å². The normalized spacial score (nSPS) is 10.5. The van der Waals surface area contributed by atoms with E-state index < -0.39 is 5.97 Å². The summed E-state index contributed by atoms with van der Waals surface area (Å²) in [6, 6.07) is 3.52. The number of hydrogen-bond donors (Lipinski definition) is 0. The molecule has 0 aromatic heterocycles. The molecule has 0 N–H and O–H groups in total. The van der Waals surface area contributed by atoms with Crippen LogP contribution in [-0.2, 0) is 20.9 Å². The molecule has 0 fully saturated rings. The van der Waals surface area contributed by atoms with Gasteiger partial charge in [-0.2, -0.15) is 0 Å². The third-order valence-electron chi connectivity index (χ3n) is 3.83. The summed E-state index contributed by atoms with van der Waals surface area (Å²) in [5.74, 6) is 6.26. The second-order valence-corrected chi connectivity index (χ2v) is 7.73. The predicted octanol–water partition coefficient (Wildman–Crippen LogP) is 4.80. The molecular weight excluding hydrogens is 511 g/mol. The van der Waals surface area contributed by atoms with Crippen molar-refractivity contribution in [3.05, 3.63) is 26.3 Å². The van der Waals surface area contributed by atoms with Crippen molar-refractivity contribution in [3.8, 4) is 29.1 Å².